The maximum absolute atomic E-state index is 13.3. The summed E-state index contributed by atoms with van der Waals surface area (Å²) in [6.45, 7) is 5.33. The van der Waals surface area contributed by atoms with Crippen molar-refractivity contribution in [3.8, 4) is 0 Å². The predicted octanol–water partition coefficient (Wildman–Crippen LogP) is 1.86. The van der Waals surface area contributed by atoms with Crippen LogP contribution in [0.2, 0.25) is 0 Å². The van der Waals surface area contributed by atoms with Gasteiger partial charge in [0, 0.05) is 30.4 Å². The zero-order chi connectivity index (χ0) is 14.0. The second-order valence-corrected chi connectivity index (χ2v) is 5.68. The number of nitrogens with one attached hydrogen (secondary N) is 1. The van der Waals surface area contributed by atoms with Crippen molar-refractivity contribution in [2.75, 3.05) is 18.0 Å². The van der Waals surface area contributed by atoms with Gasteiger partial charge in [0.1, 0.15) is 5.82 Å². The predicted molar refractivity (Wildman–Crippen MR) is 71.9 cm³/mol. The van der Waals surface area contributed by atoms with Crippen LogP contribution >= 0.6 is 0 Å². The molecule has 104 valence electrons. The maximum Gasteiger partial charge on any atom is 0.304 e. The third kappa shape index (κ3) is 3.67. The molecule has 2 rings (SSSR count). The Balaban J connectivity index is 2.18. The first-order chi connectivity index (χ1) is 8.85. The van der Waals surface area contributed by atoms with E-state index >= 15 is 0 Å². The van der Waals surface area contributed by atoms with E-state index in [0.717, 1.165) is 5.69 Å². The SMILES string of the molecule is CC1(C)CN(c2cccc(F)c2)CC(CC(=O)O)N1. The molecule has 0 aliphatic carbocycles. The summed E-state index contributed by atoms with van der Waals surface area (Å²) < 4.78 is 13.3. The monoisotopic (exact) mass is 266 g/mol. The van der Waals surface area contributed by atoms with E-state index in [1.807, 2.05) is 24.8 Å². The van der Waals surface area contributed by atoms with Crippen LogP contribution in [0.3, 0.4) is 0 Å². The number of aliphatic carboxylic acids is 1. The van der Waals surface area contributed by atoms with Crippen molar-refractivity contribution in [2.24, 2.45) is 0 Å². The second kappa shape index (κ2) is 5.17. The van der Waals surface area contributed by atoms with E-state index < -0.39 is 5.97 Å². The molecule has 0 amide bonds. The summed E-state index contributed by atoms with van der Waals surface area (Å²) >= 11 is 0. The number of hydrogen-bond acceptors (Lipinski definition) is 3. The van der Waals surface area contributed by atoms with Gasteiger partial charge < -0.3 is 15.3 Å². The molecule has 0 radical (unpaired) electrons. The van der Waals surface area contributed by atoms with Crippen molar-refractivity contribution in [1.82, 2.24) is 5.32 Å². The minimum atomic E-state index is -0.825. The molecule has 1 fully saturated rings. The van der Waals surface area contributed by atoms with Crippen LogP contribution in [0.25, 0.3) is 0 Å². The van der Waals surface area contributed by atoms with E-state index in [4.69, 9.17) is 5.11 Å². The lowest BCUT2D eigenvalue weighted by molar-refractivity contribution is -0.137. The van der Waals surface area contributed by atoms with Gasteiger partial charge in [-0.1, -0.05) is 6.07 Å². The minimum Gasteiger partial charge on any atom is -0.481 e. The highest BCUT2D eigenvalue weighted by atomic mass is 19.1. The van der Waals surface area contributed by atoms with Crippen molar-refractivity contribution < 1.29 is 14.3 Å². The lowest BCUT2D eigenvalue weighted by Gasteiger charge is -2.44. The fraction of sp³-hybridized carbons (Fsp3) is 0.500. The highest BCUT2D eigenvalue weighted by Gasteiger charge is 2.32. The Labute approximate surface area is 112 Å². The van der Waals surface area contributed by atoms with Gasteiger partial charge in [0.25, 0.3) is 0 Å². The van der Waals surface area contributed by atoms with Gasteiger partial charge >= 0.3 is 5.97 Å². The molecule has 1 aliphatic rings. The zero-order valence-corrected chi connectivity index (χ0v) is 11.2. The van der Waals surface area contributed by atoms with Crippen molar-refractivity contribution in [2.45, 2.75) is 31.8 Å². The van der Waals surface area contributed by atoms with E-state index in [2.05, 4.69) is 5.32 Å². The van der Waals surface area contributed by atoms with Crippen LogP contribution in [-0.4, -0.2) is 35.7 Å². The lowest BCUT2D eigenvalue weighted by Crippen LogP contribution is -2.62. The number of piperazine rings is 1. The number of benzene rings is 1. The molecule has 1 heterocycles. The first-order valence-electron chi connectivity index (χ1n) is 6.36. The molecule has 0 aromatic heterocycles. The Morgan fingerprint density at radius 3 is 2.95 bits per heavy atom. The van der Waals surface area contributed by atoms with Gasteiger partial charge in [0.2, 0.25) is 0 Å². The van der Waals surface area contributed by atoms with Crippen LogP contribution in [0.15, 0.2) is 24.3 Å². The van der Waals surface area contributed by atoms with E-state index in [9.17, 15) is 9.18 Å². The Bertz CT molecular complexity index is 476. The molecule has 5 heteroatoms. The average molecular weight is 266 g/mol. The first kappa shape index (κ1) is 13.8. The standard InChI is InChI=1S/C14H19FN2O2/c1-14(2)9-17(8-11(16-14)7-13(18)19)12-5-3-4-10(15)6-12/h3-6,11,16H,7-9H2,1-2H3,(H,18,19). The maximum atomic E-state index is 13.3. The van der Waals surface area contributed by atoms with Crippen LogP contribution in [-0.2, 0) is 4.79 Å². The quantitative estimate of drug-likeness (QED) is 0.876. The second-order valence-electron chi connectivity index (χ2n) is 5.68. The van der Waals surface area contributed by atoms with Crippen LogP contribution in [0.1, 0.15) is 20.3 Å². The number of carbonyl (C=O) groups is 1. The average Bonchev–Trinajstić information content (AvgIpc) is 2.25. The highest BCUT2D eigenvalue weighted by Crippen LogP contribution is 2.23. The Morgan fingerprint density at radius 2 is 2.32 bits per heavy atom. The highest BCUT2D eigenvalue weighted by molar-refractivity contribution is 5.67. The van der Waals surface area contributed by atoms with Gasteiger partial charge in [0.15, 0.2) is 0 Å². The minimum absolute atomic E-state index is 0.0647. The number of anilines is 1. The number of rotatable bonds is 3. The summed E-state index contributed by atoms with van der Waals surface area (Å²) in [5.74, 6) is -1.10. The molecule has 1 aromatic rings. The smallest absolute Gasteiger partial charge is 0.304 e. The largest absolute Gasteiger partial charge is 0.481 e. The zero-order valence-electron chi connectivity index (χ0n) is 11.2. The molecule has 1 atom stereocenters. The van der Waals surface area contributed by atoms with Gasteiger partial charge in [0.05, 0.1) is 6.42 Å². The van der Waals surface area contributed by atoms with Gasteiger partial charge in [-0.15, -0.1) is 0 Å². The van der Waals surface area contributed by atoms with Gasteiger partial charge in [-0.25, -0.2) is 4.39 Å². The third-order valence-electron chi connectivity index (χ3n) is 3.22. The number of carboxylic acids is 1. The number of nitrogens with zero attached hydrogens (tertiary/aromatic N) is 1. The lowest BCUT2D eigenvalue weighted by atomic mass is 9.96. The molecule has 0 saturated carbocycles. The van der Waals surface area contributed by atoms with Crippen molar-refractivity contribution >= 4 is 11.7 Å². The number of halogens is 1. The summed E-state index contributed by atoms with van der Waals surface area (Å²) in [5.41, 5.74) is 0.593. The van der Waals surface area contributed by atoms with Crippen LogP contribution in [0.4, 0.5) is 10.1 Å². The summed E-state index contributed by atoms with van der Waals surface area (Å²) in [5, 5.41) is 12.2. The third-order valence-corrected chi connectivity index (χ3v) is 3.22. The number of hydrogen-bond donors (Lipinski definition) is 2. The van der Waals surface area contributed by atoms with Crippen LogP contribution in [0, 0.1) is 5.82 Å². The molecule has 1 saturated heterocycles. The first-order valence-corrected chi connectivity index (χ1v) is 6.36. The molecular weight excluding hydrogens is 247 g/mol. The molecule has 19 heavy (non-hydrogen) atoms. The fourth-order valence-corrected chi connectivity index (χ4v) is 2.65. The van der Waals surface area contributed by atoms with E-state index in [1.54, 1.807) is 6.07 Å². The molecule has 0 spiro atoms. The van der Waals surface area contributed by atoms with Crippen LogP contribution < -0.4 is 10.2 Å². The van der Waals surface area contributed by atoms with Crippen molar-refractivity contribution in [3.63, 3.8) is 0 Å². The summed E-state index contributed by atoms with van der Waals surface area (Å²) in [4.78, 5) is 12.9. The molecule has 0 bridgehead atoms. The van der Waals surface area contributed by atoms with E-state index in [0.29, 0.717) is 13.1 Å². The van der Waals surface area contributed by atoms with E-state index in [-0.39, 0.29) is 23.8 Å². The molecule has 4 nitrogen and oxygen atoms in total. The van der Waals surface area contributed by atoms with Crippen LogP contribution in [0.5, 0.6) is 0 Å². The van der Waals surface area contributed by atoms with Crippen molar-refractivity contribution in [1.29, 1.82) is 0 Å². The Kier molecular flexibility index (Phi) is 3.75. The van der Waals surface area contributed by atoms with Gasteiger partial charge in [-0.2, -0.15) is 0 Å². The Morgan fingerprint density at radius 1 is 1.58 bits per heavy atom. The van der Waals surface area contributed by atoms with E-state index in [1.165, 1.54) is 12.1 Å². The fourth-order valence-electron chi connectivity index (χ4n) is 2.65. The molecule has 1 aliphatic heterocycles. The molecule has 1 unspecified atom stereocenters. The summed E-state index contributed by atoms with van der Waals surface area (Å²) in [6.07, 6.45) is 0.0647. The molecule has 1 aromatic carbocycles. The Hall–Kier alpha value is -1.62. The topological polar surface area (TPSA) is 52.6 Å². The van der Waals surface area contributed by atoms with Gasteiger partial charge in [-0.3, -0.25) is 4.79 Å². The normalized spacial score (nSPS) is 22.3. The molecular formula is C14H19FN2O2. The number of carboxylic acid groups (broad SMARTS) is 1. The van der Waals surface area contributed by atoms with Crippen molar-refractivity contribution in [3.05, 3.63) is 30.1 Å². The summed E-state index contributed by atoms with van der Waals surface area (Å²) in [6, 6.07) is 6.28. The van der Waals surface area contributed by atoms with Gasteiger partial charge in [-0.05, 0) is 32.0 Å². The molecule has 2 N–H and O–H groups in total. The summed E-state index contributed by atoms with van der Waals surface area (Å²) in [7, 11) is 0.